The van der Waals surface area contributed by atoms with Crippen molar-refractivity contribution in [2.75, 3.05) is 32.2 Å². The van der Waals surface area contributed by atoms with Gasteiger partial charge in [-0.15, -0.1) is 0 Å². The quantitative estimate of drug-likeness (QED) is 0.705. The van der Waals surface area contributed by atoms with E-state index in [4.69, 9.17) is 4.74 Å². The number of methoxy groups -OCH3 is 1. The first-order valence-corrected chi connectivity index (χ1v) is 8.14. The molecule has 0 aromatic rings. The number of likely N-dealkylation sites (tertiary alicyclic amines) is 1. The molecule has 0 bridgehead atoms. The summed E-state index contributed by atoms with van der Waals surface area (Å²) in [6.07, 6.45) is 4.50. The molecule has 1 saturated heterocycles. The maximum absolute atomic E-state index is 12.2. The van der Waals surface area contributed by atoms with Crippen LogP contribution in [-0.2, 0) is 14.3 Å². The van der Waals surface area contributed by atoms with E-state index in [0.717, 1.165) is 31.7 Å². The van der Waals surface area contributed by atoms with E-state index in [1.54, 1.807) is 11.8 Å². The molecule has 0 aromatic heterocycles. The third kappa shape index (κ3) is 4.69. The number of likely N-dealkylation sites (N-methyl/N-ethyl adjacent to an activating group) is 1. The summed E-state index contributed by atoms with van der Waals surface area (Å²) in [5, 5.41) is 2.84. The number of hydrogen-bond acceptors (Lipinski definition) is 5. The van der Waals surface area contributed by atoms with E-state index in [1.807, 2.05) is 6.26 Å². The molecule has 0 aromatic carbocycles. The van der Waals surface area contributed by atoms with Gasteiger partial charge in [-0.25, -0.2) is 4.79 Å². The number of nitrogens with one attached hydrogen (secondary N) is 1. The molecule has 1 aliphatic heterocycles. The van der Waals surface area contributed by atoms with Crippen LogP contribution in [0.25, 0.3) is 0 Å². The molecule has 0 unspecified atom stereocenters. The van der Waals surface area contributed by atoms with Crippen molar-refractivity contribution in [2.24, 2.45) is 0 Å². The number of carbonyl (C=O) groups excluding carboxylic acids is 2. The number of rotatable bonds is 7. The van der Waals surface area contributed by atoms with Crippen LogP contribution in [0.1, 0.15) is 26.2 Å². The zero-order valence-electron chi connectivity index (χ0n) is 12.0. The van der Waals surface area contributed by atoms with E-state index >= 15 is 0 Å². The first kappa shape index (κ1) is 16.3. The van der Waals surface area contributed by atoms with Crippen molar-refractivity contribution >= 4 is 23.6 Å². The van der Waals surface area contributed by atoms with Crippen molar-refractivity contribution in [3.05, 3.63) is 0 Å². The highest BCUT2D eigenvalue weighted by Gasteiger charge is 2.32. The first-order chi connectivity index (χ1) is 9.13. The first-order valence-electron chi connectivity index (χ1n) is 6.75. The number of nitrogens with zero attached hydrogens (tertiary/aromatic N) is 1. The van der Waals surface area contributed by atoms with Crippen molar-refractivity contribution in [2.45, 2.75) is 38.3 Å². The SMILES string of the molecule is CCN1CCC[C@H]1C(=O)N[C@@H](CCSC)C(=O)OC. The Morgan fingerprint density at radius 1 is 1.53 bits per heavy atom. The highest BCUT2D eigenvalue weighted by atomic mass is 32.2. The topological polar surface area (TPSA) is 58.6 Å². The second-order valence-electron chi connectivity index (χ2n) is 4.65. The van der Waals surface area contributed by atoms with E-state index in [0.29, 0.717) is 6.42 Å². The summed E-state index contributed by atoms with van der Waals surface area (Å²) < 4.78 is 4.75. The minimum atomic E-state index is -0.524. The highest BCUT2D eigenvalue weighted by Crippen LogP contribution is 2.17. The molecule has 0 saturated carbocycles. The van der Waals surface area contributed by atoms with Gasteiger partial charge in [0.05, 0.1) is 13.2 Å². The van der Waals surface area contributed by atoms with Crippen molar-refractivity contribution in [3.8, 4) is 0 Å². The van der Waals surface area contributed by atoms with Crippen LogP contribution in [0.2, 0.25) is 0 Å². The Bertz CT molecular complexity index is 312. The third-order valence-corrected chi connectivity index (χ3v) is 4.13. The minimum absolute atomic E-state index is 0.0455. The van der Waals surface area contributed by atoms with Crippen molar-refractivity contribution in [3.63, 3.8) is 0 Å². The Hall–Kier alpha value is -0.750. The summed E-state index contributed by atoms with van der Waals surface area (Å²) in [6.45, 7) is 3.88. The second kappa shape index (κ2) is 8.43. The van der Waals surface area contributed by atoms with Gasteiger partial charge in [0.2, 0.25) is 5.91 Å². The number of thioether (sulfide) groups is 1. The Morgan fingerprint density at radius 3 is 2.84 bits per heavy atom. The predicted molar refractivity (Wildman–Crippen MR) is 77.2 cm³/mol. The molecule has 1 aliphatic rings. The largest absolute Gasteiger partial charge is 0.467 e. The average molecular weight is 288 g/mol. The van der Waals surface area contributed by atoms with E-state index in [-0.39, 0.29) is 17.9 Å². The average Bonchev–Trinajstić information content (AvgIpc) is 2.90. The lowest BCUT2D eigenvalue weighted by Crippen LogP contribution is -2.49. The molecule has 1 rings (SSSR count). The van der Waals surface area contributed by atoms with Gasteiger partial charge in [0.1, 0.15) is 6.04 Å². The molecule has 2 atom stereocenters. The second-order valence-corrected chi connectivity index (χ2v) is 5.64. The van der Waals surface area contributed by atoms with Crippen molar-refractivity contribution in [1.29, 1.82) is 0 Å². The molecule has 6 heteroatoms. The number of ether oxygens (including phenoxy) is 1. The Morgan fingerprint density at radius 2 is 2.26 bits per heavy atom. The fraction of sp³-hybridized carbons (Fsp3) is 0.846. The minimum Gasteiger partial charge on any atom is -0.467 e. The van der Waals surface area contributed by atoms with Crippen LogP contribution in [0.3, 0.4) is 0 Å². The van der Waals surface area contributed by atoms with Gasteiger partial charge in [0.15, 0.2) is 0 Å². The van der Waals surface area contributed by atoms with Gasteiger partial charge < -0.3 is 10.1 Å². The van der Waals surface area contributed by atoms with Gasteiger partial charge >= 0.3 is 5.97 Å². The van der Waals surface area contributed by atoms with Crippen LogP contribution in [0.4, 0.5) is 0 Å². The van der Waals surface area contributed by atoms with E-state index in [1.165, 1.54) is 7.11 Å². The summed E-state index contributed by atoms with van der Waals surface area (Å²) in [7, 11) is 1.36. The number of amides is 1. The van der Waals surface area contributed by atoms with Crippen LogP contribution in [0.15, 0.2) is 0 Å². The molecule has 110 valence electrons. The Kier molecular flexibility index (Phi) is 7.23. The summed E-state index contributed by atoms with van der Waals surface area (Å²) in [5.41, 5.74) is 0. The normalized spacial score (nSPS) is 21.1. The van der Waals surface area contributed by atoms with E-state index in [9.17, 15) is 9.59 Å². The van der Waals surface area contributed by atoms with Crippen molar-refractivity contribution in [1.82, 2.24) is 10.2 Å². The van der Waals surface area contributed by atoms with E-state index < -0.39 is 6.04 Å². The fourth-order valence-corrected chi connectivity index (χ4v) is 2.87. The molecule has 1 amide bonds. The molecule has 1 N–H and O–H groups in total. The number of carbonyl (C=O) groups is 2. The zero-order valence-corrected chi connectivity index (χ0v) is 12.8. The standard InChI is InChI=1S/C13H24N2O3S/c1-4-15-8-5-6-11(15)12(16)14-10(7-9-19-3)13(17)18-2/h10-11H,4-9H2,1-3H3,(H,14,16)/t10-,11-/m0/s1. The van der Waals surface area contributed by atoms with Gasteiger partial charge in [-0.3, -0.25) is 9.69 Å². The maximum atomic E-state index is 12.2. The van der Waals surface area contributed by atoms with Crippen LogP contribution < -0.4 is 5.32 Å². The zero-order chi connectivity index (χ0) is 14.3. The molecule has 1 heterocycles. The number of hydrogen-bond donors (Lipinski definition) is 1. The van der Waals surface area contributed by atoms with Gasteiger partial charge in [0, 0.05) is 0 Å². The van der Waals surface area contributed by atoms with Crippen LogP contribution >= 0.6 is 11.8 Å². The summed E-state index contributed by atoms with van der Waals surface area (Å²) in [6, 6.07) is -0.615. The monoisotopic (exact) mass is 288 g/mol. The molecule has 19 heavy (non-hydrogen) atoms. The lowest BCUT2D eigenvalue weighted by atomic mass is 10.1. The molecule has 0 aliphatic carbocycles. The molecular formula is C13H24N2O3S. The molecule has 1 fully saturated rings. The van der Waals surface area contributed by atoms with Gasteiger partial charge in [0.25, 0.3) is 0 Å². The predicted octanol–water partition coefficient (Wildman–Crippen LogP) is 0.882. The van der Waals surface area contributed by atoms with Crippen LogP contribution in [0, 0.1) is 0 Å². The van der Waals surface area contributed by atoms with Crippen molar-refractivity contribution < 1.29 is 14.3 Å². The van der Waals surface area contributed by atoms with E-state index in [2.05, 4.69) is 17.1 Å². The van der Waals surface area contributed by atoms with Gasteiger partial charge in [-0.2, -0.15) is 11.8 Å². The molecule has 0 radical (unpaired) electrons. The maximum Gasteiger partial charge on any atom is 0.328 e. The molecule has 0 spiro atoms. The smallest absolute Gasteiger partial charge is 0.328 e. The highest BCUT2D eigenvalue weighted by molar-refractivity contribution is 7.98. The summed E-state index contributed by atoms with van der Waals surface area (Å²) in [4.78, 5) is 26.1. The summed E-state index contributed by atoms with van der Waals surface area (Å²) in [5.74, 6) is 0.418. The molecule has 5 nitrogen and oxygen atoms in total. The van der Waals surface area contributed by atoms with Crippen LogP contribution in [-0.4, -0.2) is 61.1 Å². The lowest BCUT2D eigenvalue weighted by molar-refractivity contribution is -0.145. The molecular weight excluding hydrogens is 264 g/mol. The van der Waals surface area contributed by atoms with Crippen LogP contribution in [0.5, 0.6) is 0 Å². The number of esters is 1. The Balaban J connectivity index is 2.57. The fourth-order valence-electron chi connectivity index (χ4n) is 2.40. The Labute approximate surface area is 119 Å². The van der Waals surface area contributed by atoms with Gasteiger partial charge in [-0.1, -0.05) is 6.92 Å². The summed E-state index contributed by atoms with van der Waals surface area (Å²) >= 11 is 1.65. The lowest BCUT2D eigenvalue weighted by Gasteiger charge is -2.24. The third-order valence-electron chi connectivity index (χ3n) is 3.49. The van der Waals surface area contributed by atoms with Gasteiger partial charge in [-0.05, 0) is 44.4 Å².